The molecule has 18 heavy (non-hydrogen) atoms. The van der Waals surface area contributed by atoms with Gasteiger partial charge in [-0.15, -0.1) is 10.2 Å². The molecular formula is C13H21N3O2. The number of aliphatic hydroxyl groups excluding tert-OH is 1. The summed E-state index contributed by atoms with van der Waals surface area (Å²) in [5, 5.41) is 18.0. The predicted molar refractivity (Wildman–Crippen MR) is 66.3 cm³/mol. The molecule has 0 aromatic carbocycles. The van der Waals surface area contributed by atoms with Gasteiger partial charge in [0.1, 0.15) is 11.6 Å². The van der Waals surface area contributed by atoms with Crippen molar-refractivity contribution in [2.24, 2.45) is 5.92 Å². The molecule has 1 N–H and O–H groups in total. The van der Waals surface area contributed by atoms with E-state index >= 15 is 0 Å². The number of rotatable bonds is 3. The van der Waals surface area contributed by atoms with E-state index in [-0.39, 0.29) is 12.5 Å². The lowest BCUT2D eigenvalue weighted by Gasteiger charge is -2.24. The fourth-order valence-electron chi connectivity index (χ4n) is 3.05. The van der Waals surface area contributed by atoms with E-state index in [4.69, 9.17) is 4.74 Å². The minimum absolute atomic E-state index is 0.190. The van der Waals surface area contributed by atoms with Crippen molar-refractivity contribution >= 4 is 0 Å². The quantitative estimate of drug-likeness (QED) is 0.874. The first-order valence-electron chi connectivity index (χ1n) is 6.99. The Hall–Kier alpha value is -0.940. The molecule has 0 radical (unpaired) electrons. The van der Waals surface area contributed by atoms with E-state index in [1.165, 1.54) is 0 Å². The van der Waals surface area contributed by atoms with Crippen LogP contribution in [-0.2, 0) is 17.7 Å². The number of aromatic nitrogens is 3. The molecule has 2 aliphatic heterocycles. The molecule has 5 heteroatoms. The summed E-state index contributed by atoms with van der Waals surface area (Å²) in [5.41, 5.74) is 0. The van der Waals surface area contributed by atoms with Gasteiger partial charge in [0.25, 0.3) is 0 Å². The minimum atomic E-state index is 0.190. The van der Waals surface area contributed by atoms with Crippen LogP contribution >= 0.6 is 0 Å². The van der Waals surface area contributed by atoms with Gasteiger partial charge in [-0.2, -0.15) is 0 Å². The Balaban J connectivity index is 1.74. The molecule has 5 nitrogen and oxygen atoms in total. The van der Waals surface area contributed by atoms with Gasteiger partial charge in [-0.05, 0) is 31.6 Å². The van der Waals surface area contributed by atoms with Crippen molar-refractivity contribution in [1.82, 2.24) is 14.8 Å². The first kappa shape index (κ1) is 12.1. The van der Waals surface area contributed by atoms with Crippen LogP contribution in [0.15, 0.2) is 0 Å². The van der Waals surface area contributed by atoms with Gasteiger partial charge in [-0.25, -0.2) is 0 Å². The molecule has 0 spiro atoms. The van der Waals surface area contributed by atoms with Crippen LogP contribution in [0.25, 0.3) is 0 Å². The van der Waals surface area contributed by atoms with Gasteiger partial charge < -0.3 is 14.4 Å². The Morgan fingerprint density at radius 1 is 1.22 bits per heavy atom. The van der Waals surface area contributed by atoms with Crippen molar-refractivity contribution in [1.29, 1.82) is 0 Å². The summed E-state index contributed by atoms with van der Waals surface area (Å²) in [6, 6.07) is 0. The molecule has 1 aromatic rings. The highest BCUT2D eigenvalue weighted by molar-refractivity contribution is 5.06. The summed E-state index contributed by atoms with van der Waals surface area (Å²) >= 11 is 0. The highest BCUT2D eigenvalue weighted by atomic mass is 16.5. The molecule has 1 atom stereocenters. The monoisotopic (exact) mass is 251 g/mol. The van der Waals surface area contributed by atoms with Crippen LogP contribution in [0.1, 0.15) is 43.3 Å². The van der Waals surface area contributed by atoms with Crippen molar-refractivity contribution in [2.75, 3.05) is 19.8 Å². The number of ether oxygens (including phenoxy) is 1. The summed E-state index contributed by atoms with van der Waals surface area (Å²) in [6.45, 7) is 2.96. The molecule has 0 saturated carbocycles. The Morgan fingerprint density at radius 3 is 2.83 bits per heavy atom. The molecule has 3 rings (SSSR count). The maximum absolute atomic E-state index is 9.37. The third kappa shape index (κ3) is 2.29. The molecule has 0 amide bonds. The van der Waals surface area contributed by atoms with E-state index < -0.39 is 0 Å². The van der Waals surface area contributed by atoms with Crippen molar-refractivity contribution in [3.63, 3.8) is 0 Å². The van der Waals surface area contributed by atoms with Crippen LogP contribution in [0.4, 0.5) is 0 Å². The Bertz CT molecular complexity index is 399. The Kier molecular flexibility index (Phi) is 3.61. The average Bonchev–Trinajstić information content (AvgIpc) is 2.83. The highest BCUT2D eigenvalue weighted by Crippen LogP contribution is 2.27. The number of fused-ring (bicyclic) bond motifs is 1. The Morgan fingerprint density at radius 2 is 2.06 bits per heavy atom. The summed E-state index contributed by atoms with van der Waals surface area (Å²) in [7, 11) is 0. The molecule has 1 saturated heterocycles. The summed E-state index contributed by atoms with van der Waals surface area (Å²) in [4.78, 5) is 0. The first-order valence-corrected chi connectivity index (χ1v) is 6.99. The lowest BCUT2D eigenvalue weighted by atomic mass is 9.95. The second-order valence-electron chi connectivity index (χ2n) is 5.41. The third-order valence-corrected chi connectivity index (χ3v) is 4.19. The Labute approximate surface area is 107 Å². The van der Waals surface area contributed by atoms with E-state index in [1.54, 1.807) is 0 Å². The van der Waals surface area contributed by atoms with E-state index in [9.17, 15) is 5.11 Å². The smallest absolute Gasteiger partial charge is 0.138 e. The zero-order valence-corrected chi connectivity index (χ0v) is 10.7. The maximum Gasteiger partial charge on any atom is 0.138 e. The third-order valence-electron chi connectivity index (χ3n) is 4.19. The lowest BCUT2D eigenvalue weighted by molar-refractivity contribution is 0.0656. The first-order chi connectivity index (χ1) is 8.88. The molecule has 1 fully saturated rings. The SMILES string of the molecule is OCC1CCCn2c(CC3CCOCC3)nnc21. The molecule has 3 heterocycles. The zero-order chi connectivity index (χ0) is 12.4. The van der Waals surface area contributed by atoms with E-state index in [0.29, 0.717) is 5.92 Å². The number of hydrogen-bond acceptors (Lipinski definition) is 4. The van der Waals surface area contributed by atoms with Crippen LogP contribution in [0.2, 0.25) is 0 Å². The fraction of sp³-hybridized carbons (Fsp3) is 0.846. The molecule has 0 bridgehead atoms. The van der Waals surface area contributed by atoms with Crippen LogP contribution < -0.4 is 0 Å². The number of hydrogen-bond donors (Lipinski definition) is 1. The van der Waals surface area contributed by atoms with Gasteiger partial charge in [0.05, 0.1) is 6.61 Å². The largest absolute Gasteiger partial charge is 0.396 e. The van der Waals surface area contributed by atoms with Gasteiger partial charge in [0.2, 0.25) is 0 Å². The molecule has 1 aromatic heterocycles. The van der Waals surface area contributed by atoms with Gasteiger partial charge in [-0.3, -0.25) is 0 Å². The molecule has 2 aliphatic rings. The molecule has 1 unspecified atom stereocenters. The average molecular weight is 251 g/mol. The summed E-state index contributed by atoms with van der Waals surface area (Å²) in [5.74, 6) is 2.97. The standard InChI is InChI=1S/C13H21N3O2/c17-9-11-2-1-5-16-12(14-15-13(11)16)8-10-3-6-18-7-4-10/h10-11,17H,1-9H2. The van der Waals surface area contributed by atoms with Crippen LogP contribution in [0.3, 0.4) is 0 Å². The second-order valence-corrected chi connectivity index (χ2v) is 5.41. The predicted octanol–water partition coefficient (Wildman–Crippen LogP) is 1.12. The van der Waals surface area contributed by atoms with E-state index in [2.05, 4.69) is 14.8 Å². The van der Waals surface area contributed by atoms with Crippen molar-refractivity contribution in [2.45, 2.75) is 44.6 Å². The number of nitrogens with zero attached hydrogens (tertiary/aromatic N) is 3. The van der Waals surface area contributed by atoms with Crippen LogP contribution in [-0.4, -0.2) is 39.7 Å². The van der Waals surface area contributed by atoms with E-state index in [0.717, 1.165) is 63.5 Å². The molecule has 0 aliphatic carbocycles. The topological polar surface area (TPSA) is 60.2 Å². The highest BCUT2D eigenvalue weighted by Gasteiger charge is 2.26. The lowest BCUT2D eigenvalue weighted by Crippen LogP contribution is -2.23. The minimum Gasteiger partial charge on any atom is -0.396 e. The van der Waals surface area contributed by atoms with Crippen molar-refractivity contribution < 1.29 is 9.84 Å². The van der Waals surface area contributed by atoms with Gasteiger partial charge in [0.15, 0.2) is 0 Å². The van der Waals surface area contributed by atoms with E-state index in [1.807, 2.05) is 0 Å². The zero-order valence-electron chi connectivity index (χ0n) is 10.7. The fourth-order valence-corrected chi connectivity index (χ4v) is 3.05. The van der Waals surface area contributed by atoms with Crippen molar-refractivity contribution in [3.8, 4) is 0 Å². The maximum atomic E-state index is 9.37. The summed E-state index contributed by atoms with van der Waals surface area (Å²) < 4.78 is 7.63. The van der Waals surface area contributed by atoms with Gasteiger partial charge in [-0.1, -0.05) is 0 Å². The van der Waals surface area contributed by atoms with Crippen LogP contribution in [0.5, 0.6) is 0 Å². The van der Waals surface area contributed by atoms with Gasteiger partial charge >= 0.3 is 0 Å². The second kappa shape index (κ2) is 5.36. The molecule has 100 valence electrons. The van der Waals surface area contributed by atoms with Gasteiger partial charge in [0, 0.05) is 32.1 Å². The summed E-state index contributed by atoms with van der Waals surface area (Å²) in [6.07, 6.45) is 5.43. The molecular weight excluding hydrogens is 230 g/mol. The normalized spacial score (nSPS) is 25.1. The number of aliphatic hydroxyl groups is 1. The van der Waals surface area contributed by atoms with Crippen molar-refractivity contribution in [3.05, 3.63) is 11.6 Å². The van der Waals surface area contributed by atoms with Crippen LogP contribution in [0, 0.1) is 5.92 Å².